The first kappa shape index (κ1) is 28.0. The molecule has 12 nitrogen and oxygen atoms in total. The van der Waals surface area contributed by atoms with Gasteiger partial charge in [0.25, 0.3) is 11.8 Å². The molecule has 0 spiro atoms. The molecule has 222 valence electrons. The number of nitrogens with zero attached hydrogens (tertiary/aromatic N) is 3. The van der Waals surface area contributed by atoms with Crippen molar-refractivity contribution in [2.45, 2.75) is 25.3 Å². The van der Waals surface area contributed by atoms with E-state index in [0.717, 1.165) is 12.8 Å². The lowest BCUT2D eigenvalue weighted by Crippen LogP contribution is -2.49. The summed E-state index contributed by atoms with van der Waals surface area (Å²) in [5, 5.41) is 15.2. The second-order valence-corrected chi connectivity index (χ2v) is 10.8. The van der Waals surface area contributed by atoms with Crippen LogP contribution in [0.25, 0.3) is 0 Å². The number of hydrogen-bond donors (Lipinski definition) is 3. The molecule has 1 unspecified atom stereocenters. The highest BCUT2D eigenvalue weighted by molar-refractivity contribution is 6.07. The number of pyridine rings is 1. The van der Waals surface area contributed by atoms with Crippen LogP contribution in [0.1, 0.15) is 51.6 Å². The standard InChI is InChI=1S/C31H31N5O7/c37-28(38)16-23(22-2-1-9-32-17-22)33-29(39)20-5-7-25(35-10-12-36(13-11-35)31(41)19-3-4-19)24(14-20)34-30(40)21-6-8-26-27(15-21)43-18-42-26/h1-2,5-9,14-15,17,19,23H,3-4,10-13,16,18H2,(H,33,39)(H,34,40)(H,37,38). The van der Waals surface area contributed by atoms with Crippen molar-refractivity contribution in [3.63, 3.8) is 0 Å². The van der Waals surface area contributed by atoms with Gasteiger partial charge in [0, 0.05) is 55.6 Å². The van der Waals surface area contributed by atoms with Gasteiger partial charge in [-0.25, -0.2) is 0 Å². The third-order valence-electron chi connectivity index (χ3n) is 7.77. The maximum Gasteiger partial charge on any atom is 0.305 e. The van der Waals surface area contributed by atoms with Gasteiger partial charge in [0.05, 0.1) is 23.8 Å². The quantitative estimate of drug-likeness (QED) is 0.344. The van der Waals surface area contributed by atoms with E-state index in [1.807, 2.05) is 4.90 Å². The molecule has 2 aliphatic heterocycles. The second kappa shape index (κ2) is 12.0. The van der Waals surface area contributed by atoms with Crippen molar-refractivity contribution in [3.8, 4) is 11.5 Å². The summed E-state index contributed by atoms with van der Waals surface area (Å²) in [5.74, 6) is -0.597. The molecule has 3 aliphatic rings. The fourth-order valence-corrected chi connectivity index (χ4v) is 5.29. The molecular formula is C31H31N5O7. The SMILES string of the molecule is O=C(O)CC(NC(=O)c1ccc(N2CCN(C(=O)C3CC3)CC2)c(NC(=O)c2ccc3c(c2)OCO3)c1)c1cccnc1. The Morgan fingerprint density at radius 1 is 0.930 bits per heavy atom. The number of aliphatic carboxylic acids is 1. The van der Waals surface area contributed by atoms with Crippen molar-refractivity contribution in [2.75, 3.05) is 43.2 Å². The van der Waals surface area contributed by atoms with Gasteiger partial charge in [0.2, 0.25) is 12.7 Å². The summed E-state index contributed by atoms with van der Waals surface area (Å²) in [6.45, 7) is 2.35. The number of carboxylic acids is 1. The van der Waals surface area contributed by atoms with E-state index in [2.05, 4.69) is 20.5 Å². The predicted octanol–water partition coefficient (Wildman–Crippen LogP) is 3.07. The highest BCUT2D eigenvalue weighted by atomic mass is 16.7. The molecule has 1 aromatic heterocycles. The lowest BCUT2D eigenvalue weighted by molar-refractivity contribution is -0.137. The van der Waals surface area contributed by atoms with Crippen molar-refractivity contribution in [3.05, 3.63) is 77.6 Å². The van der Waals surface area contributed by atoms with Gasteiger partial charge in [-0.1, -0.05) is 6.07 Å². The van der Waals surface area contributed by atoms with Crippen LogP contribution in [0.4, 0.5) is 11.4 Å². The highest BCUT2D eigenvalue weighted by Crippen LogP contribution is 2.35. The molecule has 2 aromatic carbocycles. The Morgan fingerprint density at radius 3 is 2.40 bits per heavy atom. The first-order valence-electron chi connectivity index (χ1n) is 14.2. The summed E-state index contributed by atoms with van der Waals surface area (Å²) >= 11 is 0. The van der Waals surface area contributed by atoms with Crippen LogP contribution in [0.5, 0.6) is 11.5 Å². The molecule has 0 radical (unpaired) electrons. The number of nitrogens with one attached hydrogen (secondary N) is 2. The molecule has 1 saturated carbocycles. The molecule has 1 saturated heterocycles. The Bertz CT molecular complexity index is 1550. The molecule has 3 aromatic rings. The smallest absolute Gasteiger partial charge is 0.305 e. The zero-order valence-electron chi connectivity index (χ0n) is 23.3. The van der Waals surface area contributed by atoms with Crippen molar-refractivity contribution >= 4 is 35.1 Å². The monoisotopic (exact) mass is 585 g/mol. The molecule has 1 atom stereocenters. The molecule has 0 bridgehead atoms. The zero-order valence-corrected chi connectivity index (χ0v) is 23.3. The number of anilines is 2. The first-order chi connectivity index (χ1) is 20.9. The minimum atomic E-state index is -1.07. The van der Waals surface area contributed by atoms with E-state index >= 15 is 0 Å². The minimum absolute atomic E-state index is 0.0822. The van der Waals surface area contributed by atoms with Crippen molar-refractivity contribution in [1.82, 2.24) is 15.2 Å². The minimum Gasteiger partial charge on any atom is -0.481 e. The summed E-state index contributed by atoms with van der Waals surface area (Å²) in [6.07, 6.45) is 4.66. The van der Waals surface area contributed by atoms with Gasteiger partial charge in [-0.2, -0.15) is 0 Å². The molecule has 2 fully saturated rings. The molecule has 12 heteroatoms. The van der Waals surface area contributed by atoms with Crippen molar-refractivity contribution in [1.29, 1.82) is 0 Å². The van der Waals surface area contributed by atoms with E-state index in [1.165, 1.54) is 6.20 Å². The number of ether oxygens (including phenoxy) is 2. The van der Waals surface area contributed by atoms with Crippen LogP contribution in [0.3, 0.4) is 0 Å². The lowest BCUT2D eigenvalue weighted by atomic mass is 10.0. The average molecular weight is 586 g/mol. The number of hydrogen-bond acceptors (Lipinski definition) is 8. The molecular weight excluding hydrogens is 554 g/mol. The fourth-order valence-electron chi connectivity index (χ4n) is 5.29. The van der Waals surface area contributed by atoms with E-state index in [1.54, 1.807) is 54.7 Å². The van der Waals surface area contributed by atoms with Crippen LogP contribution < -0.4 is 25.0 Å². The molecule has 3 heterocycles. The summed E-state index contributed by atoms with van der Waals surface area (Å²) < 4.78 is 10.8. The molecule has 3 amide bonds. The Morgan fingerprint density at radius 2 is 1.67 bits per heavy atom. The number of rotatable bonds is 9. The number of fused-ring (bicyclic) bond motifs is 1. The van der Waals surface area contributed by atoms with Crippen LogP contribution in [0.15, 0.2) is 60.9 Å². The second-order valence-electron chi connectivity index (χ2n) is 10.8. The van der Waals surface area contributed by atoms with E-state index < -0.39 is 23.8 Å². The highest BCUT2D eigenvalue weighted by Gasteiger charge is 2.35. The van der Waals surface area contributed by atoms with E-state index in [-0.39, 0.29) is 30.6 Å². The topological polar surface area (TPSA) is 150 Å². The Kier molecular flexibility index (Phi) is 7.82. The summed E-state index contributed by atoms with van der Waals surface area (Å²) in [5.41, 5.74) is 2.27. The van der Waals surface area contributed by atoms with Crippen LogP contribution in [0.2, 0.25) is 0 Å². The van der Waals surface area contributed by atoms with Crippen LogP contribution in [0, 0.1) is 5.92 Å². The van der Waals surface area contributed by atoms with E-state index in [9.17, 15) is 24.3 Å². The number of carbonyl (C=O) groups excluding carboxylic acids is 3. The van der Waals surface area contributed by atoms with Gasteiger partial charge in [-0.05, 0) is 60.9 Å². The number of carboxylic acid groups (broad SMARTS) is 1. The van der Waals surface area contributed by atoms with Crippen molar-refractivity contribution < 1.29 is 33.8 Å². The van der Waals surface area contributed by atoms with Gasteiger partial charge in [-0.3, -0.25) is 24.2 Å². The number of piperazine rings is 1. The maximum absolute atomic E-state index is 13.4. The average Bonchev–Trinajstić information content (AvgIpc) is 3.77. The Hall–Kier alpha value is -5.13. The van der Waals surface area contributed by atoms with E-state index in [4.69, 9.17) is 9.47 Å². The summed E-state index contributed by atoms with van der Waals surface area (Å²) in [4.78, 5) is 58.9. The Balaban J connectivity index is 1.25. The molecule has 1 aliphatic carbocycles. The van der Waals surface area contributed by atoms with Crippen LogP contribution >= 0.6 is 0 Å². The van der Waals surface area contributed by atoms with Gasteiger partial charge in [-0.15, -0.1) is 0 Å². The maximum atomic E-state index is 13.4. The Labute approximate surface area is 247 Å². The van der Waals surface area contributed by atoms with Crippen molar-refractivity contribution in [2.24, 2.45) is 5.92 Å². The van der Waals surface area contributed by atoms with Gasteiger partial charge >= 0.3 is 5.97 Å². The zero-order chi connectivity index (χ0) is 29.9. The number of carbonyl (C=O) groups is 4. The largest absolute Gasteiger partial charge is 0.481 e. The summed E-state index contributed by atoms with van der Waals surface area (Å²) in [7, 11) is 0. The predicted molar refractivity (Wildman–Crippen MR) is 155 cm³/mol. The lowest BCUT2D eigenvalue weighted by Gasteiger charge is -2.37. The van der Waals surface area contributed by atoms with Gasteiger partial charge in [0.15, 0.2) is 11.5 Å². The third kappa shape index (κ3) is 6.37. The number of benzene rings is 2. The van der Waals surface area contributed by atoms with Gasteiger partial charge < -0.3 is 35.0 Å². The molecule has 43 heavy (non-hydrogen) atoms. The molecule has 3 N–H and O–H groups in total. The normalized spacial score (nSPS) is 16.4. The fraction of sp³-hybridized carbons (Fsp3) is 0.323. The first-order valence-corrected chi connectivity index (χ1v) is 14.2. The summed E-state index contributed by atoms with van der Waals surface area (Å²) in [6, 6.07) is 12.5. The van der Waals surface area contributed by atoms with Crippen LogP contribution in [-0.4, -0.2) is 71.7 Å². The third-order valence-corrected chi connectivity index (χ3v) is 7.77. The number of aromatic nitrogens is 1. The van der Waals surface area contributed by atoms with Gasteiger partial charge in [0.1, 0.15) is 0 Å². The number of amides is 3. The van der Waals surface area contributed by atoms with Crippen LogP contribution in [-0.2, 0) is 9.59 Å². The molecule has 6 rings (SSSR count). The van der Waals surface area contributed by atoms with E-state index in [0.29, 0.717) is 60.2 Å².